The Labute approximate surface area is 162 Å². The van der Waals surface area contributed by atoms with Crippen LogP contribution in [0.25, 0.3) is 0 Å². The summed E-state index contributed by atoms with van der Waals surface area (Å²) >= 11 is 5.46. The second-order valence-electron chi connectivity index (χ2n) is 6.39. The van der Waals surface area contributed by atoms with E-state index in [1.54, 1.807) is 6.07 Å². The van der Waals surface area contributed by atoms with Gasteiger partial charge in [0.25, 0.3) is 11.6 Å². The third-order valence-electron chi connectivity index (χ3n) is 4.72. The molecule has 0 radical (unpaired) electrons. The van der Waals surface area contributed by atoms with E-state index in [0.717, 1.165) is 12.8 Å². The molecular formula is C17H22N4O5S. The maximum atomic E-state index is 12.4. The molecule has 0 unspecified atom stereocenters. The Balaban J connectivity index is 1.56. The van der Waals surface area contributed by atoms with Crippen molar-refractivity contribution in [1.29, 1.82) is 0 Å². The minimum Gasteiger partial charge on any atom is -0.494 e. The van der Waals surface area contributed by atoms with Crippen LogP contribution in [-0.4, -0.2) is 71.7 Å². The predicted octanol–water partition coefficient (Wildman–Crippen LogP) is 1.62. The Hall–Kier alpha value is -2.46. The van der Waals surface area contributed by atoms with Crippen molar-refractivity contribution in [3.63, 3.8) is 0 Å². The fourth-order valence-corrected chi connectivity index (χ4v) is 3.49. The zero-order chi connectivity index (χ0) is 19.4. The van der Waals surface area contributed by atoms with E-state index >= 15 is 0 Å². The number of nitro groups is 1. The molecule has 2 aliphatic rings. The number of nitrogens with one attached hydrogen (secondary N) is 1. The molecule has 1 amide bonds. The average Bonchev–Trinajstić information content (AvgIpc) is 3.22. The lowest BCUT2D eigenvalue weighted by molar-refractivity contribution is -0.384. The molecule has 10 heteroatoms. The van der Waals surface area contributed by atoms with Crippen LogP contribution in [0.3, 0.4) is 0 Å². The van der Waals surface area contributed by atoms with Gasteiger partial charge in [0, 0.05) is 38.9 Å². The van der Waals surface area contributed by atoms with Crippen LogP contribution in [0.15, 0.2) is 18.2 Å². The summed E-state index contributed by atoms with van der Waals surface area (Å²) in [7, 11) is 1.45. The second-order valence-corrected chi connectivity index (χ2v) is 6.77. The van der Waals surface area contributed by atoms with Crippen LogP contribution in [0.4, 0.5) is 11.4 Å². The first-order valence-corrected chi connectivity index (χ1v) is 9.19. The fraction of sp³-hybridized carbons (Fsp3) is 0.529. The molecule has 27 heavy (non-hydrogen) atoms. The molecule has 9 nitrogen and oxygen atoms in total. The van der Waals surface area contributed by atoms with Gasteiger partial charge in [0.15, 0.2) is 5.11 Å². The van der Waals surface area contributed by atoms with Gasteiger partial charge in [-0.3, -0.25) is 14.9 Å². The highest BCUT2D eigenvalue weighted by Gasteiger charge is 2.30. The van der Waals surface area contributed by atoms with Crippen molar-refractivity contribution in [3.8, 4) is 5.75 Å². The minimum atomic E-state index is -0.477. The van der Waals surface area contributed by atoms with Gasteiger partial charge in [-0.15, -0.1) is 0 Å². The number of anilines is 1. The third-order valence-corrected chi connectivity index (χ3v) is 5.08. The number of hydrogen-bond acceptors (Lipinski definition) is 6. The van der Waals surface area contributed by atoms with Crippen molar-refractivity contribution in [1.82, 2.24) is 9.80 Å². The molecule has 0 aliphatic carbocycles. The first kappa shape index (κ1) is 19.3. The average molecular weight is 394 g/mol. The van der Waals surface area contributed by atoms with Crippen LogP contribution in [0.1, 0.15) is 12.8 Å². The van der Waals surface area contributed by atoms with E-state index in [0.29, 0.717) is 49.3 Å². The van der Waals surface area contributed by atoms with Crippen molar-refractivity contribution in [2.75, 3.05) is 45.2 Å². The van der Waals surface area contributed by atoms with Gasteiger partial charge in [0.05, 0.1) is 23.8 Å². The van der Waals surface area contributed by atoms with E-state index in [-0.39, 0.29) is 17.7 Å². The van der Waals surface area contributed by atoms with Crippen LogP contribution in [0, 0.1) is 10.1 Å². The standard InChI is InChI=1S/C17H22N4O5S/c1-25-15-11-12(21(23)24)4-5-13(15)18-17(27)20-8-6-19(7-9-20)16(22)14-3-2-10-26-14/h4-5,11,14H,2-3,6-10H2,1H3,(H,18,27)/t14-/m1/s1. The highest BCUT2D eigenvalue weighted by molar-refractivity contribution is 7.80. The Bertz CT molecular complexity index is 730. The van der Waals surface area contributed by atoms with Crippen molar-refractivity contribution in [2.45, 2.75) is 18.9 Å². The normalized spacial score (nSPS) is 19.7. The van der Waals surface area contributed by atoms with Gasteiger partial charge < -0.3 is 24.6 Å². The Morgan fingerprint density at radius 1 is 1.33 bits per heavy atom. The number of carbonyl (C=O) groups is 1. The van der Waals surface area contributed by atoms with Crippen molar-refractivity contribution < 1.29 is 19.2 Å². The smallest absolute Gasteiger partial charge is 0.273 e. The maximum absolute atomic E-state index is 12.4. The highest BCUT2D eigenvalue weighted by Crippen LogP contribution is 2.29. The second kappa shape index (κ2) is 8.49. The molecule has 0 spiro atoms. The van der Waals surface area contributed by atoms with E-state index in [2.05, 4.69) is 5.32 Å². The van der Waals surface area contributed by atoms with Gasteiger partial charge in [-0.2, -0.15) is 0 Å². The molecule has 1 atom stereocenters. The molecule has 2 heterocycles. The molecule has 2 aliphatic heterocycles. The number of nitro benzene ring substituents is 1. The summed E-state index contributed by atoms with van der Waals surface area (Å²) in [6, 6.07) is 4.31. The SMILES string of the molecule is COc1cc([N+](=O)[O-])ccc1NC(=S)N1CCN(C(=O)[C@H]2CCCO2)CC1. The third kappa shape index (κ3) is 4.45. The molecule has 2 saturated heterocycles. The van der Waals surface area contributed by atoms with Gasteiger partial charge in [-0.1, -0.05) is 0 Å². The molecule has 146 valence electrons. The Morgan fingerprint density at radius 2 is 2.04 bits per heavy atom. The molecule has 0 saturated carbocycles. The van der Waals surface area contributed by atoms with Gasteiger partial charge >= 0.3 is 0 Å². The van der Waals surface area contributed by atoms with E-state index in [9.17, 15) is 14.9 Å². The lowest BCUT2D eigenvalue weighted by Gasteiger charge is -2.37. The number of amides is 1. The first-order chi connectivity index (χ1) is 13.0. The van der Waals surface area contributed by atoms with Gasteiger partial charge in [0.2, 0.25) is 0 Å². The maximum Gasteiger partial charge on any atom is 0.273 e. The van der Waals surface area contributed by atoms with Crippen LogP contribution >= 0.6 is 12.2 Å². The summed E-state index contributed by atoms with van der Waals surface area (Å²) in [5.41, 5.74) is 0.510. The highest BCUT2D eigenvalue weighted by atomic mass is 32.1. The number of hydrogen-bond donors (Lipinski definition) is 1. The number of methoxy groups -OCH3 is 1. The van der Waals surface area contributed by atoms with Gasteiger partial charge in [-0.25, -0.2) is 0 Å². The summed E-state index contributed by atoms with van der Waals surface area (Å²) in [4.78, 5) is 26.6. The number of piperazine rings is 1. The van der Waals surface area contributed by atoms with E-state index < -0.39 is 4.92 Å². The zero-order valence-corrected chi connectivity index (χ0v) is 15.9. The number of non-ortho nitro benzene ring substituents is 1. The van der Waals surface area contributed by atoms with Crippen molar-refractivity contribution >= 4 is 34.6 Å². The zero-order valence-electron chi connectivity index (χ0n) is 15.1. The van der Waals surface area contributed by atoms with Crippen LogP contribution in [0.5, 0.6) is 5.75 Å². The molecule has 1 aromatic carbocycles. The summed E-state index contributed by atoms with van der Waals surface area (Å²) < 4.78 is 10.7. The molecule has 3 rings (SSSR count). The number of rotatable bonds is 4. The molecule has 1 aromatic rings. The molecular weight excluding hydrogens is 372 g/mol. The Kier molecular flexibility index (Phi) is 6.07. The van der Waals surface area contributed by atoms with E-state index in [1.807, 2.05) is 9.80 Å². The first-order valence-electron chi connectivity index (χ1n) is 8.78. The quantitative estimate of drug-likeness (QED) is 0.468. The topological polar surface area (TPSA) is 97.2 Å². The number of ether oxygens (including phenoxy) is 2. The number of thiocarbonyl (C=S) groups is 1. The van der Waals surface area contributed by atoms with Gasteiger partial charge in [0.1, 0.15) is 11.9 Å². The summed E-state index contributed by atoms with van der Waals surface area (Å²) in [5, 5.41) is 14.5. The molecule has 2 fully saturated rings. The lowest BCUT2D eigenvalue weighted by atomic mass is 10.2. The largest absolute Gasteiger partial charge is 0.494 e. The summed E-state index contributed by atoms with van der Waals surface area (Å²) in [5.74, 6) is 0.404. The number of nitrogens with zero attached hydrogens (tertiary/aromatic N) is 3. The van der Waals surface area contributed by atoms with Crippen LogP contribution < -0.4 is 10.1 Å². The van der Waals surface area contributed by atoms with Crippen molar-refractivity contribution in [2.24, 2.45) is 0 Å². The molecule has 1 N–H and O–H groups in total. The Morgan fingerprint density at radius 3 is 2.63 bits per heavy atom. The van der Waals surface area contributed by atoms with E-state index in [1.165, 1.54) is 19.2 Å². The predicted molar refractivity (Wildman–Crippen MR) is 103 cm³/mol. The lowest BCUT2D eigenvalue weighted by Crippen LogP contribution is -2.53. The monoisotopic (exact) mass is 394 g/mol. The summed E-state index contributed by atoms with van der Waals surface area (Å²) in [6.45, 7) is 3.04. The molecule has 0 bridgehead atoms. The minimum absolute atomic E-state index is 0.0513. The van der Waals surface area contributed by atoms with Gasteiger partial charge in [-0.05, 0) is 31.1 Å². The summed E-state index contributed by atoms with van der Waals surface area (Å²) in [6.07, 6.45) is 1.42. The van der Waals surface area contributed by atoms with E-state index in [4.69, 9.17) is 21.7 Å². The fourth-order valence-electron chi connectivity index (χ4n) is 3.20. The van der Waals surface area contributed by atoms with Crippen LogP contribution in [0.2, 0.25) is 0 Å². The number of carbonyl (C=O) groups excluding carboxylic acids is 1. The molecule has 0 aromatic heterocycles. The number of benzene rings is 1. The van der Waals surface area contributed by atoms with Crippen LogP contribution in [-0.2, 0) is 9.53 Å². The van der Waals surface area contributed by atoms with Crippen molar-refractivity contribution in [3.05, 3.63) is 28.3 Å².